The van der Waals surface area contributed by atoms with E-state index in [-0.39, 0.29) is 0 Å². The molecule has 1 amide bonds. The first-order chi connectivity index (χ1) is 14.2. The van der Waals surface area contributed by atoms with E-state index in [4.69, 9.17) is 4.74 Å². The molecule has 2 aliphatic rings. The van der Waals surface area contributed by atoms with Gasteiger partial charge in [-0.15, -0.1) is 0 Å². The lowest BCUT2D eigenvalue weighted by atomic mass is 9.98. The van der Waals surface area contributed by atoms with Crippen molar-refractivity contribution in [1.82, 2.24) is 9.80 Å². The monoisotopic (exact) mass is 392 g/mol. The van der Waals surface area contributed by atoms with E-state index in [2.05, 4.69) is 40.1 Å². The lowest BCUT2D eigenvalue weighted by molar-refractivity contribution is -0.130. The van der Waals surface area contributed by atoms with Crippen molar-refractivity contribution in [3.63, 3.8) is 0 Å². The predicted molar refractivity (Wildman–Crippen MR) is 116 cm³/mol. The molecule has 0 radical (unpaired) electrons. The SMILES string of the molecule is COc1cccc(CN2CCCC[C@H]3CN(C(=O)CCc4ccccc4)C[C@H]32)c1. The molecule has 0 N–H and O–H groups in total. The third kappa shape index (κ3) is 4.99. The third-order valence-electron chi connectivity index (χ3n) is 6.49. The fourth-order valence-corrected chi connectivity index (χ4v) is 4.90. The lowest BCUT2D eigenvalue weighted by Crippen LogP contribution is -2.40. The summed E-state index contributed by atoms with van der Waals surface area (Å²) in [6.07, 6.45) is 5.20. The number of carbonyl (C=O) groups excluding carboxylic acids is 1. The van der Waals surface area contributed by atoms with Gasteiger partial charge in [0, 0.05) is 32.1 Å². The number of methoxy groups -OCH3 is 1. The zero-order valence-corrected chi connectivity index (χ0v) is 17.4. The van der Waals surface area contributed by atoms with Gasteiger partial charge in [0.2, 0.25) is 5.91 Å². The topological polar surface area (TPSA) is 32.8 Å². The number of carbonyl (C=O) groups is 1. The predicted octanol–water partition coefficient (Wildman–Crippen LogP) is 4.14. The summed E-state index contributed by atoms with van der Waals surface area (Å²) < 4.78 is 5.40. The molecule has 4 nitrogen and oxygen atoms in total. The van der Waals surface area contributed by atoms with Crippen LogP contribution in [0.25, 0.3) is 0 Å². The molecule has 2 aliphatic heterocycles. The van der Waals surface area contributed by atoms with E-state index >= 15 is 0 Å². The van der Waals surface area contributed by atoms with Crippen molar-refractivity contribution in [3.05, 3.63) is 65.7 Å². The molecule has 154 valence electrons. The van der Waals surface area contributed by atoms with Gasteiger partial charge in [-0.1, -0.05) is 48.9 Å². The van der Waals surface area contributed by atoms with Gasteiger partial charge < -0.3 is 9.64 Å². The maximum absolute atomic E-state index is 12.9. The Morgan fingerprint density at radius 1 is 1.03 bits per heavy atom. The number of aryl methyl sites for hydroxylation is 1. The van der Waals surface area contributed by atoms with Crippen molar-refractivity contribution in [2.45, 2.75) is 44.7 Å². The summed E-state index contributed by atoms with van der Waals surface area (Å²) in [6, 6.07) is 19.2. The van der Waals surface area contributed by atoms with E-state index in [1.54, 1.807) is 7.11 Å². The van der Waals surface area contributed by atoms with Gasteiger partial charge in [-0.25, -0.2) is 0 Å². The fraction of sp³-hybridized carbons (Fsp3) is 0.480. The van der Waals surface area contributed by atoms with Crippen LogP contribution < -0.4 is 4.74 Å². The minimum absolute atomic E-state index is 0.309. The number of hydrogen-bond acceptors (Lipinski definition) is 3. The summed E-state index contributed by atoms with van der Waals surface area (Å²) in [5.41, 5.74) is 2.53. The molecule has 4 heteroatoms. The maximum atomic E-state index is 12.9. The Labute approximate surface area is 174 Å². The molecule has 0 spiro atoms. The molecular weight excluding hydrogens is 360 g/mol. The van der Waals surface area contributed by atoms with Crippen molar-refractivity contribution in [1.29, 1.82) is 0 Å². The number of benzene rings is 2. The van der Waals surface area contributed by atoms with Crippen molar-refractivity contribution >= 4 is 5.91 Å². The van der Waals surface area contributed by atoms with Crippen molar-refractivity contribution in [2.24, 2.45) is 5.92 Å². The Balaban J connectivity index is 1.39. The van der Waals surface area contributed by atoms with E-state index in [1.165, 1.54) is 30.4 Å². The molecule has 0 bridgehead atoms. The van der Waals surface area contributed by atoms with E-state index < -0.39 is 0 Å². The molecule has 4 rings (SSSR count). The number of likely N-dealkylation sites (tertiary alicyclic amines) is 2. The lowest BCUT2D eigenvalue weighted by Gasteiger charge is -2.30. The van der Waals surface area contributed by atoms with Gasteiger partial charge in [0.1, 0.15) is 5.75 Å². The molecule has 29 heavy (non-hydrogen) atoms. The van der Waals surface area contributed by atoms with Crippen molar-refractivity contribution in [2.75, 3.05) is 26.7 Å². The van der Waals surface area contributed by atoms with Crippen LogP contribution in [0.3, 0.4) is 0 Å². The van der Waals surface area contributed by atoms with Crippen LogP contribution in [0.1, 0.15) is 36.8 Å². The fourth-order valence-electron chi connectivity index (χ4n) is 4.90. The smallest absolute Gasteiger partial charge is 0.222 e. The molecule has 2 fully saturated rings. The molecule has 0 aliphatic carbocycles. The number of hydrogen-bond donors (Lipinski definition) is 0. The molecule has 2 atom stereocenters. The van der Waals surface area contributed by atoms with Gasteiger partial charge in [0.05, 0.1) is 7.11 Å². The Morgan fingerprint density at radius 2 is 1.86 bits per heavy atom. The molecule has 0 aromatic heterocycles. The molecule has 0 saturated carbocycles. The highest BCUT2D eigenvalue weighted by Gasteiger charge is 2.39. The molecule has 2 aromatic carbocycles. The number of fused-ring (bicyclic) bond motifs is 1. The minimum atomic E-state index is 0.309. The highest BCUT2D eigenvalue weighted by atomic mass is 16.5. The number of nitrogens with zero attached hydrogens (tertiary/aromatic N) is 2. The zero-order valence-electron chi connectivity index (χ0n) is 17.4. The van der Waals surface area contributed by atoms with Gasteiger partial charge in [0.15, 0.2) is 0 Å². The summed E-state index contributed by atoms with van der Waals surface area (Å²) in [5.74, 6) is 1.82. The Kier molecular flexibility index (Phi) is 6.50. The third-order valence-corrected chi connectivity index (χ3v) is 6.49. The Morgan fingerprint density at radius 3 is 2.69 bits per heavy atom. The first-order valence-corrected chi connectivity index (χ1v) is 10.9. The van der Waals surface area contributed by atoms with Crippen LogP contribution in [0.15, 0.2) is 54.6 Å². The second-order valence-electron chi connectivity index (χ2n) is 8.43. The average Bonchev–Trinajstić information content (AvgIpc) is 3.11. The van der Waals surface area contributed by atoms with Gasteiger partial charge in [0.25, 0.3) is 0 Å². The van der Waals surface area contributed by atoms with E-state index in [9.17, 15) is 4.79 Å². The Hall–Kier alpha value is -2.33. The highest BCUT2D eigenvalue weighted by Crippen LogP contribution is 2.31. The van der Waals surface area contributed by atoms with Gasteiger partial charge in [-0.05, 0) is 55.0 Å². The van der Waals surface area contributed by atoms with E-state index in [0.29, 0.717) is 24.3 Å². The van der Waals surface area contributed by atoms with Crippen LogP contribution in [0.5, 0.6) is 5.75 Å². The van der Waals surface area contributed by atoms with Gasteiger partial charge >= 0.3 is 0 Å². The van der Waals surface area contributed by atoms with Crippen LogP contribution in [-0.2, 0) is 17.8 Å². The van der Waals surface area contributed by atoms with Crippen molar-refractivity contribution < 1.29 is 9.53 Å². The van der Waals surface area contributed by atoms with Crippen molar-refractivity contribution in [3.8, 4) is 5.75 Å². The van der Waals surface area contributed by atoms with Crippen LogP contribution >= 0.6 is 0 Å². The summed E-state index contributed by atoms with van der Waals surface area (Å²) in [4.78, 5) is 17.6. The van der Waals surface area contributed by atoms with Crippen LogP contribution in [0, 0.1) is 5.92 Å². The molecular formula is C25H32N2O2. The summed E-state index contributed by atoms with van der Waals surface area (Å²) >= 11 is 0. The molecule has 2 saturated heterocycles. The van der Waals surface area contributed by atoms with Gasteiger partial charge in [-0.3, -0.25) is 9.69 Å². The summed E-state index contributed by atoms with van der Waals surface area (Å²) in [7, 11) is 1.72. The molecule has 2 heterocycles. The number of rotatable bonds is 6. The normalized spacial score (nSPS) is 22.2. The first kappa shape index (κ1) is 20.0. The first-order valence-electron chi connectivity index (χ1n) is 10.9. The second-order valence-corrected chi connectivity index (χ2v) is 8.43. The largest absolute Gasteiger partial charge is 0.497 e. The highest BCUT2D eigenvalue weighted by molar-refractivity contribution is 5.76. The van der Waals surface area contributed by atoms with E-state index in [0.717, 1.165) is 38.3 Å². The standard InChI is InChI=1S/C25H32N2O2/c1-29-23-12-7-10-21(16-23)17-26-15-6-5-11-22-18-27(19-24(22)26)25(28)14-13-20-8-3-2-4-9-20/h2-4,7-10,12,16,22,24H,5-6,11,13-15,17-19H2,1H3/t22-,24+/m0/s1. The number of amides is 1. The van der Waals surface area contributed by atoms with Gasteiger partial charge in [-0.2, -0.15) is 0 Å². The number of ether oxygens (including phenoxy) is 1. The Bertz CT molecular complexity index is 807. The van der Waals surface area contributed by atoms with Crippen LogP contribution in [0.2, 0.25) is 0 Å². The second kappa shape index (κ2) is 9.45. The zero-order chi connectivity index (χ0) is 20.1. The maximum Gasteiger partial charge on any atom is 0.222 e. The summed E-state index contributed by atoms with van der Waals surface area (Å²) in [6.45, 7) is 3.85. The van der Waals surface area contributed by atoms with Crippen LogP contribution in [-0.4, -0.2) is 48.5 Å². The van der Waals surface area contributed by atoms with Crippen LogP contribution in [0.4, 0.5) is 0 Å². The van der Waals surface area contributed by atoms with E-state index in [1.807, 2.05) is 24.3 Å². The molecule has 0 unspecified atom stereocenters. The average molecular weight is 393 g/mol. The quantitative estimate of drug-likeness (QED) is 0.741. The minimum Gasteiger partial charge on any atom is -0.497 e. The summed E-state index contributed by atoms with van der Waals surface area (Å²) in [5, 5.41) is 0. The molecule has 2 aromatic rings.